The molecule has 0 saturated carbocycles. The van der Waals surface area contributed by atoms with Gasteiger partial charge in [0.15, 0.2) is 0 Å². The molecule has 0 fully saturated rings. The Kier molecular flexibility index (Phi) is 4.68. The van der Waals surface area contributed by atoms with Crippen LogP contribution in [-0.4, -0.2) is 27.3 Å². The molecule has 0 radical (unpaired) electrons. The lowest BCUT2D eigenvalue weighted by molar-refractivity contribution is -0.121. The first-order valence-corrected chi connectivity index (χ1v) is 5.70. The van der Waals surface area contributed by atoms with Gasteiger partial charge < -0.3 is 5.11 Å². The first kappa shape index (κ1) is 12.9. The van der Waals surface area contributed by atoms with Crippen LogP contribution < -0.4 is 0 Å². The summed E-state index contributed by atoms with van der Waals surface area (Å²) in [6.07, 6.45) is 3.07. The lowest BCUT2D eigenvalue weighted by Gasteiger charge is -2.10. The number of hydrogen-bond acceptors (Lipinski definition) is 3. The van der Waals surface area contributed by atoms with Gasteiger partial charge in [0, 0.05) is 31.2 Å². The molecule has 0 aliphatic carbocycles. The van der Waals surface area contributed by atoms with Crippen molar-refractivity contribution in [3.8, 4) is 0 Å². The number of aliphatic hydroxyl groups is 1. The zero-order chi connectivity index (χ0) is 12.1. The molecule has 4 nitrogen and oxygen atoms in total. The van der Waals surface area contributed by atoms with E-state index < -0.39 is 0 Å². The molecule has 1 heterocycles. The topological polar surface area (TPSA) is 55.1 Å². The van der Waals surface area contributed by atoms with Gasteiger partial charge in [0.25, 0.3) is 0 Å². The zero-order valence-electron chi connectivity index (χ0n) is 10.2. The molecule has 0 spiro atoms. The van der Waals surface area contributed by atoms with Crippen LogP contribution in [0, 0.1) is 5.92 Å². The highest BCUT2D eigenvalue weighted by atomic mass is 16.3. The summed E-state index contributed by atoms with van der Waals surface area (Å²) in [7, 11) is 0. The number of carbonyl (C=O) groups excluding carboxylic acids is 1. The molecule has 0 bridgehead atoms. The van der Waals surface area contributed by atoms with Crippen LogP contribution in [0.25, 0.3) is 0 Å². The number of ketones is 1. The van der Waals surface area contributed by atoms with Gasteiger partial charge in [-0.25, -0.2) is 0 Å². The van der Waals surface area contributed by atoms with Gasteiger partial charge in [-0.15, -0.1) is 0 Å². The average molecular weight is 224 g/mol. The van der Waals surface area contributed by atoms with Crippen molar-refractivity contribution in [3.05, 3.63) is 18.0 Å². The third-order valence-electron chi connectivity index (χ3n) is 2.70. The maximum absolute atomic E-state index is 11.3. The van der Waals surface area contributed by atoms with E-state index in [4.69, 9.17) is 5.11 Å². The Bertz CT molecular complexity index is 345. The molecular formula is C12H20N2O2. The third-order valence-corrected chi connectivity index (χ3v) is 2.70. The SMILES string of the molecule is CC(=O)C(CCO)Cc1ccn(C(C)C)n1. The summed E-state index contributed by atoms with van der Waals surface area (Å²) in [5.74, 6) is 0.00802. The highest BCUT2D eigenvalue weighted by molar-refractivity contribution is 5.78. The average Bonchev–Trinajstić information content (AvgIpc) is 2.65. The van der Waals surface area contributed by atoms with Gasteiger partial charge in [0.1, 0.15) is 5.78 Å². The molecule has 1 rings (SSSR count). The summed E-state index contributed by atoms with van der Waals surface area (Å²) in [6.45, 7) is 5.74. The van der Waals surface area contributed by atoms with Crippen LogP contribution in [-0.2, 0) is 11.2 Å². The molecule has 0 aromatic carbocycles. The standard InChI is InChI=1S/C12H20N2O2/c1-9(2)14-6-4-12(13-14)8-11(5-7-15)10(3)16/h4,6,9,11,15H,5,7-8H2,1-3H3. The van der Waals surface area contributed by atoms with E-state index in [1.807, 2.05) is 16.9 Å². The molecule has 1 aromatic heterocycles. The number of aliphatic hydroxyl groups excluding tert-OH is 1. The molecule has 0 amide bonds. The summed E-state index contributed by atoms with van der Waals surface area (Å²) in [5, 5.41) is 13.3. The molecule has 90 valence electrons. The summed E-state index contributed by atoms with van der Waals surface area (Å²) in [5.41, 5.74) is 0.919. The second kappa shape index (κ2) is 5.80. The highest BCUT2D eigenvalue weighted by Gasteiger charge is 2.16. The number of Topliss-reactive ketones (excluding diaryl/α,β-unsaturated/α-hetero) is 1. The Balaban J connectivity index is 2.66. The lowest BCUT2D eigenvalue weighted by Crippen LogP contribution is -2.16. The minimum absolute atomic E-state index is 0.0507. The molecule has 4 heteroatoms. The first-order valence-electron chi connectivity index (χ1n) is 5.70. The van der Waals surface area contributed by atoms with Crippen molar-refractivity contribution in [2.45, 2.75) is 39.7 Å². The molecule has 0 aliphatic rings. The molecule has 0 aliphatic heterocycles. The smallest absolute Gasteiger partial charge is 0.133 e. The predicted octanol–water partition coefficient (Wildman–Crippen LogP) is 1.59. The van der Waals surface area contributed by atoms with E-state index in [0.717, 1.165) is 5.69 Å². The second-order valence-electron chi connectivity index (χ2n) is 4.40. The van der Waals surface area contributed by atoms with E-state index in [2.05, 4.69) is 18.9 Å². The maximum atomic E-state index is 11.3. The summed E-state index contributed by atoms with van der Waals surface area (Å²) >= 11 is 0. The lowest BCUT2D eigenvalue weighted by atomic mass is 9.96. The fourth-order valence-corrected chi connectivity index (χ4v) is 1.63. The zero-order valence-corrected chi connectivity index (χ0v) is 10.2. The summed E-state index contributed by atoms with van der Waals surface area (Å²) in [6, 6.07) is 2.27. The largest absolute Gasteiger partial charge is 0.396 e. The maximum Gasteiger partial charge on any atom is 0.133 e. The predicted molar refractivity (Wildman–Crippen MR) is 62.2 cm³/mol. The molecule has 1 N–H and O–H groups in total. The number of hydrogen-bond donors (Lipinski definition) is 1. The van der Waals surface area contributed by atoms with Crippen molar-refractivity contribution in [1.29, 1.82) is 0 Å². The molecule has 1 aromatic rings. The minimum Gasteiger partial charge on any atom is -0.396 e. The van der Waals surface area contributed by atoms with Crippen molar-refractivity contribution in [2.75, 3.05) is 6.61 Å². The van der Waals surface area contributed by atoms with Gasteiger partial charge in [-0.2, -0.15) is 5.10 Å². The Labute approximate surface area is 96.3 Å². The van der Waals surface area contributed by atoms with Crippen molar-refractivity contribution in [2.24, 2.45) is 5.92 Å². The normalized spacial score (nSPS) is 13.1. The van der Waals surface area contributed by atoms with E-state index in [1.165, 1.54) is 0 Å². The molecule has 1 atom stereocenters. The fraction of sp³-hybridized carbons (Fsp3) is 0.667. The fourth-order valence-electron chi connectivity index (χ4n) is 1.63. The molecular weight excluding hydrogens is 204 g/mol. The quantitative estimate of drug-likeness (QED) is 0.798. The van der Waals surface area contributed by atoms with Crippen LogP contribution in [0.4, 0.5) is 0 Å². The van der Waals surface area contributed by atoms with Gasteiger partial charge in [-0.3, -0.25) is 9.48 Å². The van der Waals surface area contributed by atoms with E-state index in [-0.39, 0.29) is 18.3 Å². The van der Waals surface area contributed by atoms with Crippen LogP contribution >= 0.6 is 0 Å². The Morgan fingerprint density at radius 2 is 2.25 bits per heavy atom. The Hall–Kier alpha value is -1.16. The van der Waals surface area contributed by atoms with E-state index in [9.17, 15) is 4.79 Å². The monoisotopic (exact) mass is 224 g/mol. The number of carbonyl (C=O) groups is 1. The van der Waals surface area contributed by atoms with Gasteiger partial charge in [0.2, 0.25) is 0 Å². The second-order valence-corrected chi connectivity index (χ2v) is 4.40. The van der Waals surface area contributed by atoms with Crippen LogP contribution in [0.5, 0.6) is 0 Å². The highest BCUT2D eigenvalue weighted by Crippen LogP contribution is 2.13. The van der Waals surface area contributed by atoms with Gasteiger partial charge in [0.05, 0.1) is 5.69 Å². The van der Waals surface area contributed by atoms with Crippen LogP contribution in [0.2, 0.25) is 0 Å². The van der Waals surface area contributed by atoms with Crippen LogP contribution in [0.3, 0.4) is 0 Å². The van der Waals surface area contributed by atoms with Gasteiger partial charge in [-0.1, -0.05) is 0 Å². The summed E-state index contributed by atoms with van der Waals surface area (Å²) in [4.78, 5) is 11.3. The Morgan fingerprint density at radius 1 is 1.56 bits per heavy atom. The van der Waals surface area contributed by atoms with Crippen LogP contribution in [0.1, 0.15) is 38.9 Å². The van der Waals surface area contributed by atoms with E-state index >= 15 is 0 Å². The molecule has 16 heavy (non-hydrogen) atoms. The minimum atomic E-state index is -0.111. The van der Waals surface area contributed by atoms with Gasteiger partial charge >= 0.3 is 0 Å². The first-order chi connectivity index (χ1) is 7.54. The van der Waals surface area contributed by atoms with E-state index in [0.29, 0.717) is 18.9 Å². The van der Waals surface area contributed by atoms with E-state index in [1.54, 1.807) is 6.92 Å². The van der Waals surface area contributed by atoms with Gasteiger partial charge in [-0.05, 0) is 33.3 Å². The number of aromatic nitrogens is 2. The number of nitrogens with zero attached hydrogens (tertiary/aromatic N) is 2. The van der Waals surface area contributed by atoms with Crippen molar-refractivity contribution in [3.63, 3.8) is 0 Å². The van der Waals surface area contributed by atoms with Crippen molar-refractivity contribution < 1.29 is 9.90 Å². The van der Waals surface area contributed by atoms with Crippen molar-refractivity contribution >= 4 is 5.78 Å². The number of rotatable bonds is 6. The van der Waals surface area contributed by atoms with Crippen molar-refractivity contribution in [1.82, 2.24) is 9.78 Å². The molecule has 0 saturated heterocycles. The third kappa shape index (κ3) is 3.45. The Morgan fingerprint density at radius 3 is 2.69 bits per heavy atom. The molecule has 1 unspecified atom stereocenters. The summed E-state index contributed by atoms with van der Waals surface area (Å²) < 4.78 is 1.88. The van der Waals surface area contributed by atoms with Crippen LogP contribution in [0.15, 0.2) is 12.3 Å².